The van der Waals surface area contributed by atoms with Gasteiger partial charge in [0.25, 0.3) is 0 Å². The molecule has 212 valence electrons. The Balaban J connectivity index is 1.12. The number of fused-ring (bicyclic) bond motifs is 3. The zero-order chi connectivity index (χ0) is 29.3. The van der Waals surface area contributed by atoms with Crippen molar-refractivity contribution in [2.45, 2.75) is 18.4 Å². The van der Waals surface area contributed by atoms with Crippen LogP contribution in [-0.4, -0.2) is 16.9 Å². The topological polar surface area (TPSA) is 37.3 Å². The molecule has 1 aromatic heterocycles. The molecule has 44 heavy (non-hydrogen) atoms. The minimum atomic E-state index is -0.0795. The van der Waals surface area contributed by atoms with E-state index in [-0.39, 0.29) is 6.04 Å². The number of hydrogen-bond acceptors (Lipinski definition) is 3. The number of nitrogens with zero attached hydrogens (tertiary/aromatic N) is 2. The SMILES string of the molecule is C1=CC2C=C(C3C=CC(C4C=C(c5cccc(-c6cccnc6)c5)NC(c5ccccc5)=N4)=CC3)c3ccccc3C2C=C1. The lowest BCUT2D eigenvalue weighted by molar-refractivity contribution is 0.673. The lowest BCUT2D eigenvalue weighted by Crippen LogP contribution is -2.30. The van der Waals surface area contributed by atoms with E-state index in [1.807, 2.05) is 24.5 Å². The molecule has 0 saturated heterocycles. The van der Waals surface area contributed by atoms with Gasteiger partial charge in [0.05, 0.1) is 6.04 Å². The molecule has 4 aromatic rings. The van der Waals surface area contributed by atoms with Gasteiger partial charge in [-0.05, 0) is 58.0 Å². The number of benzene rings is 3. The van der Waals surface area contributed by atoms with Gasteiger partial charge in [0.15, 0.2) is 0 Å². The van der Waals surface area contributed by atoms with Crippen LogP contribution < -0.4 is 5.32 Å². The van der Waals surface area contributed by atoms with Gasteiger partial charge in [-0.3, -0.25) is 9.98 Å². The first-order chi connectivity index (χ1) is 21.8. The minimum absolute atomic E-state index is 0.0795. The Kier molecular flexibility index (Phi) is 6.84. The quantitative estimate of drug-likeness (QED) is 0.261. The van der Waals surface area contributed by atoms with Gasteiger partial charge < -0.3 is 5.32 Å². The fourth-order valence-corrected chi connectivity index (χ4v) is 6.87. The number of pyridine rings is 1. The summed E-state index contributed by atoms with van der Waals surface area (Å²) in [7, 11) is 0. The molecule has 0 spiro atoms. The predicted molar refractivity (Wildman–Crippen MR) is 182 cm³/mol. The maximum Gasteiger partial charge on any atom is 0.133 e. The zero-order valence-electron chi connectivity index (χ0n) is 24.4. The molecule has 1 aliphatic heterocycles. The lowest BCUT2D eigenvalue weighted by atomic mass is 9.71. The summed E-state index contributed by atoms with van der Waals surface area (Å²) in [5, 5.41) is 3.65. The Hall–Kier alpha value is -5.28. The van der Waals surface area contributed by atoms with E-state index in [9.17, 15) is 0 Å². The van der Waals surface area contributed by atoms with Gasteiger partial charge in [0, 0.05) is 47.0 Å². The predicted octanol–water partition coefficient (Wildman–Crippen LogP) is 8.93. The first-order valence-corrected chi connectivity index (χ1v) is 15.5. The maximum absolute atomic E-state index is 5.23. The molecule has 4 atom stereocenters. The van der Waals surface area contributed by atoms with E-state index in [1.54, 1.807) is 0 Å². The molecule has 3 heteroatoms. The van der Waals surface area contributed by atoms with Crippen LogP contribution in [0.1, 0.15) is 34.6 Å². The number of aromatic nitrogens is 1. The molecular weight excluding hydrogens is 534 g/mol. The van der Waals surface area contributed by atoms with Crippen LogP contribution in [0.2, 0.25) is 0 Å². The molecule has 3 aromatic carbocycles. The summed E-state index contributed by atoms with van der Waals surface area (Å²) < 4.78 is 0. The van der Waals surface area contributed by atoms with Crippen LogP contribution in [0.5, 0.6) is 0 Å². The highest BCUT2D eigenvalue weighted by Gasteiger charge is 2.30. The van der Waals surface area contributed by atoms with Gasteiger partial charge in [-0.25, -0.2) is 0 Å². The third-order valence-corrected chi connectivity index (χ3v) is 9.11. The maximum atomic E-state index is 5.23. The Morgan fingerprint density at radius 3 is 2.39 bits per heavy atom. The number of nitrogens with one attached hydrogen (secondary N) is 1. The molecule has 0 amide bonds. The van der Waals surface area contributed by atoms with Crippen molar-refractivity contribution in [2.24, 2.45) is 16.8 Å². The normalized spacial score (nSPS) is 23.4. The molecule has 0 bridgehead atoms. The van der Waals surface area contributed by atoms with Crippen molar-refractivity contribution in [3.05, 3.63) is 186 Å². The molecule has 3 nitrogen and oxygen atoms in total. The lowest BCUT2D eigenvalue weighted by Gasteiger charge is -2.33. The van der Waals surface area contributed by atoms with Crippen LogP contribution in [0.4, 0.5) is 0 Å². The summed E-state index contributed by atoms with van der Waals surface area (Å²) >= 11 is 0. The first kappa shape index (κ1) is 26.4. The average molecular weight is 568 g/mol. The van der Waals surface area contributed by atoms with Gasteiger partial charge in [0.1, 0.15) is 5.84 Å². The summed E-state index contributed by atoms with van der Waals surface area (Å²) in [6, 6.07) is 32.0. The minimum Gasteiger partial charge on any atom is -0.340 e. The average Bonchev–Trinajstić information content (AvgIpc) is 3.12. The van der Waals surface area contributed by atoms with Crippen LogP contribution in [-0.2, 0) is 0 Å². The van der Waals surface area contributed by atoms with Crippen molar-refractivity contribution in [3.63, 3.8) is 0 Å². The molecule has 0 radical (unpaired) electrons. The highest BCUT2D eigenvalue weighted by molar-refractivity contribution is 6.05. The molecular formula is C41H33N3. The highest BCUT2D eigenvalue weighted by atomic mass is 15.0. The monoisotopic (exact) mass is 567 g/mol. The van der Waals surface area contributed by atoms with E-state index in [2.05, 4.69) is 144 Å². The number of aliphatic imine (C=N–C) groups is 1. The summed E-state index contributed by atoms with van der Waals surface area (Å²) in [6.45, 7) is 0. The molecule has 4 aliphatic rings. The second-order valence-corrected chi connectivity index (χ2v) is 11.8. The van der Waals surface area contributed by atoms with Gasteiger partial charge in [-0.1, -0.05) is 127 Å². The third kappa shape index (κ3) is 5.01. The second-order valence-electron chi connectivity index (χ2n) is 11.8. The van der Waals surface area contributed by atoms with Gasteiger partial charge in [0.2, 0.25) is 0 Å². The fraction of sp³-hybridized carbons (Fsp3) is 0.122. The van der Waals surface area contributed by atoms with E-state index in [4.69, 9.17) is 4.99 Å². The van der Waals surface area contributed by atoms with E-state index < -0.39 is 0 Å². The van der Waals surface area contributed by atoms with Crippen molar-refractivity contribution < 1.29 is 0 Å². The van der Waals surface area contributed by atoms with Crippen molar-refractivity contribution in [1.29, 1.82) is 0 Å². The van der Waals surface area contributed by atoms with Crippen molar-refractivity contribution >= 4 is 17.1 Å². The molecule has 4 unspecified atom stereocenters. The zero-order valence-corrected chi connectivity index (χ0v) is 24.4. The second kappa shape index (κ2) is 11.4. The highest BCUT2D eigenvalue weighted by Crippen LogP contribution is 2.45. The van der Waals surface area contributed by atoms with Crippen LogP contribution in [0.3, 0.4) is 0 Å². The van der Waals surface area contributed by atoms with E-state index in [0.717, 1.165) is 40.2 Å². The number of rotatable bonds is 5. The smallest absolute Gasteiger partial charge is 0.133 e. The van der Waals surface area contributed by atoms with Gasteiger partial charge in [-0.15, -0.1) is 0 Å². The van der Waals surface area contributed by atoms with Gasteiger partial charge >= 0.3 is 0 Å². The van der Waals surface area contributed by atoms with Crippen LogP contribution in [0.15, 0.2) is 169 Å². The molecule has 2 heterocycles. The van der Waals surface area contributed by atoms with E-state index in [1.165, 1.54) is 22.3 Å². The fourth-order valence-electron chi connectivity index (χ4n) is 6.87. The Morgan fingerprint density at radius 2 is 1.52 bits per heavy atom. The Morgan fingerprint density at radius 1 is 0.705 bits per heavy atom. The van der Waals surface area contributed by atoms with Crippen LogP contribution in [0.25, 0.3) is 22.4 Å². The third-order valence-electron chi connectivity index (χ3n) is 9.11. The van der Waals surface area contributed by atoms with Gasteiger partial charge in [-0.2, -0.15) is 0 Å². The van der Waals surface area contributed by atoms with Crippen molar-refractivity contribution in [2.75, 3.05) is 0 Å². The molecule has 0 saturated carbocycles. The summed E-state index contributed by atoms with van der Waals surface area (Å²) in [6.07, 6.45) is 25.6. The van der Waals surface area contributed by atoms with E-state index in [0.29, 0.717) is 17.8 Å². The van der Waals surface area contributed by atoms with Crippen molar-refractivity contribution in [3.8, 4) is 11.1 Å². The van der Waals surface area contributed by atoms with E-state index >= 15 is 0 Å². The molecule has 1 N–H and O–H groups in total. The van der Waals surface area contributed by atoms with Crippen LogP contribution in [0, 0.1) is 11.8 Å². The molecule has 8 rings (SSSR count). The largest absolute Gasteiger partial charge is 0.340 e. The Bertz CT molecular complexity index is 1920. The number of allylic oxidation sites excluding steroid dienone is 8. The summed E-state index contributed by atoms with van der Waals surface area (Å²) in [4.78, 5) is 9.55. The summed E-state index contributed by atoms with van der Waals surface area (Å²) in [5.74, 6) is 2.08. The standard InChI is InChI=1S/C41H33N3/c1-2-10-30(11-3-1)41-43-39(26-40(44-41)33-14-8-13-31(24-33)34-15-9-23-42-27-34)29-21-19-28(20-22-29)38-25-32-12-4-5-16-35(32)36-17-6-7-18-37(36)38/h1-19,21-28,32,35,39H,20H2,(H,43,44). The first-order valence-electron chi connectivity index (χ1n) is 15.5. The molecule has 0 fully saturated rings. The van der Waals surface area contributed by atoms with Crippen molar-refractivity contribution in [1.82, 2.24) is 10.3 Å². The Labute approximate surface area is 259 Å². The number of amidine groups is 1. The molecule has 3 aliphatic carbocycles. The van der Waals surface area contributed by atoms with Crippen LogP contribution >= 0.6 is 0 Å². The number of hydrogen-bond donors (Lipinski definition) is 1. The summed E-state index contributed by atoms with van der Waals surface area (Å²) in [5.41, 5.74) is 11.0.